The second-order valence-electron chi connectivity index (χ2n) is 3.40. The summed E-state index contributed by atoms with van der Waals surface area (Å²) >= 11 is 0. The van der Waals surface area contributed by atoms with Crippen LogP contribution < -0.4 is 16.6 Å². The standard InChI is InChI=1S/C11H15N3O2/c1-4-5-6-12-8-9-7-10(15)14(3)11(16)13(9)2/h7,12H,6,8H2,1-3H3. The molecular weight excluding hydrogens is 206 g/mol. The number of hydrogen-bond donors (Lipinski definition) is 1. The highest BCUT2D eigenvalue weighted by molar-refractivity contribution is 5.03. The average molecular weight is 221 g/mol. The zero-order valence-corrected chi connectivity index (χ0v) is 9.70. The summed E-state index contributed by atoms with van der Waals surface area (Å²) in [6, 6.07) is 1.45. The molecule has 16 heavy (non-hydrogen) atoms. The molecule has 0 bridgehead atoms. The van der Waals surface area contributed by atoms with Gasteiger partial charge >= 0.3 is 5.69 Å². The van der Waals surface area contributed by atoms with Gasteiger partial charge in [0.15, 0.2) is 0 Å². The topological polar surface area (TPSA) is 56.0 Å². The van der Waals surface area contributed by atoms with Crippen LogP contribution in [0.2, 0.25) is 0 Å². The fraction of sp³-hybridized carbons (Fsp3) is 0.455. The second-order valence-corrected chi connectivity index (χ2v) is 3.40. The molecule has 0 radical (unpaired) electrons. The summed E-state index contributed by atoms with van der Waals surface area (Å²) in [5, 5.41) is 3.04. The fourth-order valence-corrected chi connectivity index (χ4v) is 1.29. The fourth-order valence-electron chi connectivity index (χ4n) is 1.29. The van der Waals surface area contributed by atoms with Gasteiger partial charge in [-0.15, -0.1) is 5.92 Å². The molecule has 0 fully saturated rings. The number of rotatable bonds is 3. The van der Waals surface area contributed by atoms with Crippen molar-refractivity contribution in [1.29, 1.82) is 0 Å². The van der Waals surface area contributed by atoms with Crippen LogP contribution in [0.1, 0.15) is 12.6 Å². The van der Waals surface area contributed by atoms with E-state index in [9.17, 15) is 9.59 Å². The van der Waals surface area contributed by atoms with Crippen molar-refractivity contribution in [1.82, 2.24) is 14.5 Å². The van der Waals surface area contributed by atoms with Crippen LogP contribution in [0.15, 0.2) is 15.7 Å². The van der Waals surface area contributed by atoms with Gasteiger partial charge in [0.05, 0.1) is 6.54 Å². The summed E-state index contributed by atoms with van der Waals surface area (Å²) in [6.45, 7) is 2.76. The summed E-state index contributed by atoms with van der Waals surface area (Å²) in [5.41, 5.74) is 0.0540. The normalized spacial score (nSPS) is 9.69. The van der Waals surface area contributed by atoms with E-state index in [0.717, 1.165) is 4.57 Å². The Balaban J connectivity index is 2.92. The van der Waals surface area contributed by atoms with Crippen molar-refractivity contribution in [2.75, 3.05) is 6.54 Å². The largest absolute Gasteiger partial charge is 0.330 e. The van der Waals surface area contributed by atoms with Crippen LogP contribution >= 0.6 is 0 Å². The Morgan fingerprint density at radius 1 is 1.31 bits per heavy atom. The van der Waals surface area contributed by atoms with Gasteiger partial charge in [0.1, 0.15) is 0 Å². The molecule has 1 heterocycles. The van der Waals surface area contributed by atoms with Crippen LogP contribution in [0.25, 0.3) is 0 Å². The maximum Gasteiger partial charge on any atom is 0.330 e. The van der Waals surface area contributed by atoms with Crippen molar-refractivity contribution in [3.63, 3.8) is 0 Å². The summed E-state index contributed by atoms with van der Waals surface area (Å²) in [5.74, 6) is 5.60. The smallest absolute Gasteiger partial charge is 0.301 e. The van der Waals surface area contributed by atoms with E-state index in [2.05, 4.69) is 17.2 Å². The number of hydrogen-bond acceptors (Lipinski definition) is 3. The van der Waals surface area contributed by atoms with Crippen molar-refractivity contribution in [2.24, 2.45) is 14.1 Å². The summed E-state index contributed by atoms with van der Waals surface area (Å²) < 4.78 is 2.53. The zero-order valence-electron chi connectivity index (χ0n) is 9.70. The van der Waals surface area contributed by atoms with Gasteiger partial charge < -0.3 is 5.32 Å². The zero-order chi connectivity index (χ0) is 12.1. The van der Waals surface area contributed by atoms with Gasteiger partial charge in [-0.3, -0.25) is 13.9 Å². The highest BCUT2D eigenvalue weighted by Gasteiger charge is 2.04. The van der Waals surface area contributed by atoms with Gasteiger partial charge in [0.25, 0.3) is 5.56 Å². The molecule has 5 nitrogen and oxygen atoms in total. The Labute approximate surface area is 93.7 Å². The Kier molecular flexibility index (Phi) is 4.09. The second kappa shape index (κ2) is 5.33. The Hall–Kier alpha value is -1.80. The van der Waals surface area contributed by atoms with Crippen molar-refractivity contribution < 1.29 is 0 Å². The molecule has 0 aliphatic carbocycles. The molecule has 86 valence electrons. The highest BCUT2D eigenvalue weighted by atomic mass is 16.2. The molecule has 0 amide bonds. The van der Waals surface area contributed by atoms with E-state index >= 15 is 0 Å². The Morgan fingerprint density at radius 3 is 2.62 bits per heavy atom. The van der Waals surface area contributed by atoms with E-state index in [1.165, 1.54) is 17.7 Å². The molecule has 1 N–H and O–H groups in total. The van der Waals surface area contributed by atoms with Crippen LogP contribution in [-0.2, 0) is 20.6 Å². The summed E-state index contributed by atoms with van der Waals surface area (Å²) in [7, 11) is 3.11. The molecule has 1 aromatic rings. The van der Waals surface area contributed by atoms with Crippen LogP contribution in [0.3, 0.4) is 0 Å². The van der Waals surface area contributed by atoms with Crippen molar-refractivity contribution in [2.45, 2.75) is 13.5 Å². The number of nitrogens with one attached hydrogen (secondary N) is 1. The van der Waals surface area contributed by atoms with Gasteiger partial charge in [0, 0.05) is 32.4 Å². The third-order valence-corrected chi connectivity index (χ3v) is 2.32. The quantitative estimate of drug-likeness (QED) is 0.537. The van der Waals surface area contributed by atoms with Gasteiger partial charge in [0.2, 0.25) is 0 Å². The Morgan fingerprint density at radius 2 is 2.00 bits per heavy atom. The van der Waals surface area contributed by atoms with Crippen LogP contribution in [0.5, 0.6) is 0 Å². The van der Waals surface area contributed by atoms with E-state index in [1.54, 1.807) is 14.0 Å². The molecule has 0 spiro atoms. The first kappa shape index (κ1) is 12.3. The molecule has 1 rings (SSSR count). The lowest BCUT2D eigenvalue weighted by Crippen LogP contribution is -2.39. The maximum absolute atomic E-state index is 11.6. The lowest BCUT2D eigenvalue weighted by Gasteiger charge is -2.08. The van der Waals surface area contributed by atoms with Crippen molar-refractivity contribution in [3.05, 3.63) is 32.6 Å². The lowest BCUT2D eigenvalue weighted by atomic mass is 10.4. The first-order valence-corrected chi connectivity index (χ1v) is 4.94. The monoisotopic (exact) mass is 221 g/mol. The predicted molar refractivity (Wildman–Crippen MR) is 62.1 cm³/mol. The maximum atomic E-state index is 11.6. The molecule has 0 saturated heterocycles. The molecule has 5 heteroatoms. The van der Waals surface area contributed by atoms with Crippen molar-refractivity contribution in [3.8, 4) is 11.8 Å². The molecule has 0 saturated carbocycles. The minimum atomic E-state index is -0.314. The van der Waals surface area contributed by atoms with Gasteiger partial charge in [-0.25, -0.2) is 4.79 Å². The minimum absolute atomic E-state index is 0.290. The third kappa shape index (κ3) is 2.61. The minimum Gasteiger partial charge on any atom is -0.301 e. The van der Waals surface area contributed by atoms with Crippen LogP contribution in [-0.4, -0.2) is 15.7 Å². The SMILES string of the molecule is CC#CCNCc1cc(=O)n(C)c(=O)n1C. The number of nitrogens with zero attached hydrogens (tertiary/aromatic N) is 2. The molecule has 0 atom stereocenters. The van der Waals surface area contributed by atoms with Crippen LogP contribution in [0.4, 0.5) is 0 Å². The summed E-state index contributed by atoms with van der Waals surface area (Å²) in [6.07, 6.45) is 0. The predicted octanol–water partition coefficient (Wildman–Crippen LogP) is -0.803. The first-order chi connectivity index (χ1) is 7.57. The van der Waals surface area contributed by atoms with Gasteiger partial charge in [-0.05, 0) is 6.92 Å². The highest BCUT2D eigenvalue weighted by Crippen LogP contribution is 1.88. The third-order valence-electron chi connectivity index (χ3n) is 2.32. The molecule has 0 aliphatic heterocycles. The van der Waals surface area contributed by atoms with Gasteiger partial charge in [-0.2, -0.15) is 0 Å². The number of aromatic nitrogens is 2. The first-order valence-electron chi connectivity index (χ1n) is 4.94. The van der Waals surface area contributed by atoms with Crippen molar-refractivity contribution >= 4 is 0 Å². The van der Waals surface area contributed by atoms with E-state index in [1.807, 2.05) is 0 Å². The average Bonchev–Trinajstić information content (AvgIpc) is 2.28. The van der Waals surface area contributed by atoms with E-state index < -0.39 is 0 Å². The van der Waals surface area contributed by atoms with E-state index in [4.69, 9.17) is 0 Å². The Bertz CT molecular complexity index is 543. The molecule has 0 aromatic carbocycles. The molecule has 0 aliphatic rings. The van der Waals surface area contributed by atoms with E-state index in [0.29, 0.717) is 18.8 Å². The molecule has 0 unspecified atom stereocenters. The molecule has 1 aromatic heterocycles. The van der Waals surface area contributed by atoms with Crippen LogP contribution in [0, 0.1) is 11.8 Å². The van der Waals surface area contributed by atoms with Gasteiger partial charge in [-0.1, -0.05) is 5.92 Å². The van der Waals surface area contributed by atoms with E-state index in [-0.39, 0.29) is 11.2 Å². The molecular formula is C11H15N3O2. The lowest BCUT2D eigenvalue weighted by molar-refractivity contribution is 0.620. The summed E-state index contributed by atoms with van der Waals surface area (Å²) in [4.78, 5) is 23.0.